The number of carboxylic acid groups (broad SMARTS) is 1. The Balaban J connectivity index is 0.00000169. The van der Waals surface area contributed by atoms with Crippen molar-refractivity contribution in [3.05, 3.63) is 22.4 Å². The number of nitrogens with one attached hydrogen (secondary N) is 1. The summed E-state index contributed by atoms with van der Waals surface area (Å²) in [6, 6.07) is 0.944. The molecule has 0 saturated carbocycles. The Labute approximate surface area is 79.2 Å². The molecule has 1 heterocycles. The van der Waals surface area contributed by atoms with Crippen LogP contribution in [0.3, 0.4) is 0 Å². The largest absolute Gasteiger partial charge is 0.520 e. The van der Waals surface area contributed by atoms with E-state index in [0.29, 0.717) is 6.42 Å². The predicted molar refractivity (Wildman–Crippen MR) is 48.3 cm³/mol. The van der Waals surface area contributed by atoms with E-state index in [0.717, 1.165) is 5.56 Å². The van der Waals surface area contributed by atoms with Crippen LogP contribution in [0.4, 0.5) is 0 Å². The molecule has 1 rings (SSSR count). The Hall–Kier alpha value is -2.36. The van der Waals surface area contributed by atoms with Crippen LogP contribution in [0.2, 0.25) is 0 Å². The molecule has 82 valence electrons. The fourth-order valence-corrected chi connectivity index (χ4v) is 1.60. The summed E-state index contributed by atoms with van der Waals surface area (Å²) in [5, 5.41) is 14.5. The SMILES string of the molecule is O=[C-]N[C@@H](Cc1ccsc1)C(=O)O.[Fm]. The molecular formula is C8H8FmNO3S-. The molecule has 0 unspecified atom stereocenters. The van der Waals surface area contributed by atoms with Crippen molar-refractivity contribution in [3.63, 3.8) is 0 Å². The molecular weight excluding hydrogens is 447 g/mol. The van der Waals surface area contributed by atoms with Crippen LogP contribution in [0.1, 0.15) is 5.56 Å². The third-order valence-electron chi connectivity index (χ3n) is 1.55. The number of carbonyl (C=O) groups excluding carboxylic acids is 1. The van der Waals surface area contributed by atoms with E-state index < -0.39 is 12.0 Å². The Morgan fingerprint density at radius 2 is 2.43 bits per heavy atom. The van der Waals surface area contributed by atoms with E-state index >= 15 is 0 Å². The first-order valence-electron chi connectivity index (χ1n) is 3.60. The molecule has 0 saturated heterocycles. The topological polar surface area (TPSA) is 66.4 Å². The molecule has 0 aliphatic rings. The molecule has 0 spiro atoms. The predicted octanol–water partition coefficient (Wildman–Crippen LogP) is 0.401. The van der Waals surface area contributed by atoms with Crippen molar-refractivity contribution >= 4 is 23.7 Å². The summed E-state index contributed by atoms with van der Waals surface area (Å²) in [5.41, 5.74) is 0.903. The zero-order valence-corrected chi connectivity index (χ0v) is 10.2. The standard InChI is InChI=1S/C8H8NO3S.Fm/c10-5-9-7(8(11)12)3-6-1-2-13-4-6;/h1-2,4,7H,3H2,(H,9,10)(H,11,12);/q-1;/t7-;/m0./s1. The maximum atomic E-state index is 10.6. The zero-order valence-electron chi connectivity index (χ0n) is 6.98. The van der Waals surface area contributed by atoms with Crippen molar-refractivity contribution in [3.8, 4) is 0 Å². The number of hydrogen-bond donors (Lipinski definition) is 2. The molecule has 0 radical (unpaired) electrons. The van der Waals surface area contributed by atoms with Crippen LogP contribution in [0.5, 0.6) is 0 Å². The van der Waals surface area contributed by atoms with Gasteiger partial charge in [0.2, 0.25) is 0 Å². The minimum atomic E-state index is -1.05. The monoisotopic (exact) mass is 455 g/mol. The summed E-state index contributed by atoms with van der Waals surface area (Å²) in [5.74, 6) is -1.05. The first-order chi connectivity index (χ1) is 6.24. The van der Waals surface area contributed by atoms with Gasteiger partial charge in [-0.2, -0.15) is 17.7 Å². The van der Waals surface area contributed by atoms with Crippen molar-refractivity contribution in [2.45, 2.75) is 12.5 Å². The van der Waals surface area contributed by atoms with Gasteiger partial charge in [0.1, 0.15) is 6.04 Å². The van der Waals surface area contributed by atoms with E-state index in [1.165, 1.54) is 17.7 Å². The first kappa shape index (κ1) is 11.6. The second kappa shape index (κ2) is 5.31. The first-order valence-corrected chi connectivity index (χ1v) is 4.55. The van der Waals surface area contributed by atoms with E-state index in [9.17, 15) is 9.59 Å². The minimum absolute atomic E-state index is 0. The third-order valence-corrected chi connectivity index (χ3v) is 2.28. The summed E-state index contributed by atoms with van der Waals surface area (Å²) in [4.78, 5) is 20.5. The van der Waals surface area contributed by atoms with E-state index in [1.807, 2.05) is 16.8 Å². The second-order valence-corrected chi connectivity index (χ2v) is 3.25. The van der Waals surface area contributed by atoms with Crippen LogP contribution in [0, 0.1) is 0 Å². The summed E-state index contributed by atoms with van der Waals surface area (Å²) < 4.78 is 0. The van der Waals surface area contributed by atoms with Gasteiger partial charge in [-0.3, -0.25) is 4.79 Å². The van der Waals surface area contributed by atoms with Gasteiger partial charge in [-0.05, 0) is 22.4 Å². The van der Waals surface area contributed by atoms with Gasteiger partial charge < -0.3 is 15.2 Å². The van der Waals surface area contributed by atoms with Crippen LogP contribution in [0.15, 0.2) is 16.8 Å². The van der Waals surface area contributed by atoms with Crippen LogP contribution < -0.4 is 5.32 Å². The average Bonchev–Trinajstić information content (AvgIpc) is 2.56. The van der Waals surface area contributed by atoms with Crippen LogP contribution in [0.25, 0.3) is 0 Å². The number of rotatable bonds is 5. The Bertz CT molecular complexity index is 289. The number of carboxylic acids is 1. The van der Waals surface area contributed by atoms with Crippen LogP contribution in [-0.2, 0) is 16.0 Å². The van der Waals surface area contributed by atoms with Crippen LogP contribution in [-0.4, -0.2) is 23.5 Å². The molecule has 0 aliphatic heterocycles. The molecule has 0 aliphatic carbocycles. The fourth-order valence-electron chi connectivity index (χ4n) is 0.916. The molecule has 0 fully saturated rings. The summed E-state index contributed by atoms with van der Waals surface area (Å²) in [6.45, 7) is 0. The van der Waals surface area contributed by atoms with Gasteiger partial charge in [-0.1, -0.05) is 0 Å². The number of amides is 1. The van der Waals surface area contributed by atoms with Crippen molar-refractivity contribution in [2.75, 3.05) is 0 Å². The van der Waals surface area contributed by atoms with E-state index in [2.05, 4.69) is 5.32 Å². The molecule has 1 atom stereocenters. The maximum Gasteiger partial charge on any atom is 0.323 e. The Morgan fingerprint density at radius 3 is 2.86 bits per heavy atom. The molecule has 1 amide bonds. The molecule has 1 aromatic rings. The van der Waals surface area contributed by atoms with E-state index in [4.69, 9.17) is 5.11 Å². The Kier molecular flexibility index (Phi) is 4.42. The van der Waals surface area contributed by atoms with Gasteiger partial charge in [0, 0.05) is 6.42 Å². The number of thiophene rings is 1. The van der Waals surface area contributed by atoms with E-state index in [1.54, 1.807) is 0 Å². The summed E-state index contributed by atoms with van der Waals surface area (Å²) in [6.07, 6.45) is 1.68. The quantitative estimate of drug-likeness (QED) is 0.500. The van der Waals surface area contributed by atoms with Gasteiger partial charge in [-0.15, -0.1) is 0 Å². The molecule has 4 nitrogen and oxygen atoms in total. The third kappa shape index (κ3) is 2.94. The Morgan fingerprint density at radius 1 is 1.71 bits per heavy atom. The van der Waals surface area contributed by atoms with E-state index in [-0.39, 0.29) is 0 Å². The van der Waals surface area contributed by atoms with Gasteiger partial charge in [0.15, 0.2) is 0 Å². The number of aliphatic carboxylic acids is 1. The fraction of sp³-hybridized carbons (Fsp3) is 0.250. The minimum Gasteiger partial charge on any atom is -0.520 e. The van der Waals surface area contributed by atoms with Gasteiger partial charge >= 0.3 is 5.97 Å². The van der Waals surface area contributed by atoms with Crippen molar-refractivity contribution in [2.24, 2.45) is 0 Å². The smallest absolute Gasteiger partial charge is 0.323 e. The van der Waals surface area contributed by atoms with Crippen molar-refractivity contribution in [1.29, 1.82) is 0 Å². The van der Waals surface area contributed by atoms with Gasteiger partial charge in [0.05, 0.1) is 0 Å². The summed E-state index contributed by atoms with van der Waals surface area (Å²) in [7, 11) is 0. The number of hydrogen-bond acceptors (Lipinski definition) is 3. The van der Waals surface area contributed by atoms with Crippen molar-refractivity contribution < 1.29 is 14.7 Å². The molecule has 6 heteroatoms. The molecule has 0 aromatic carbocycles. The van der Waals surface area contributed by atoms with Gasteiger partial charge in [0.25, 0.3) is 0 Å². The molecule has 1 aromatic heterocycles. The summed E-state index contributed by atoms with van der Waals surface area (Å²) >= 11 is 1.49. The van der Waals surface area contributed by atoms with Crippen molar-refractivity contribution in [1.82, 2.24) is 5.32 Å². The van der Waals surface area contributed by atoms with Crippen LogP contribution >= 0.6 is 11.3 Å². The molecule has 14 heavy (non-hydrogen) atoms. The van der Waals surface area contributed by atoms with Gasteiger partial charge in [-0.25, -0.2) is 0 Å². The maximum absolute atomic E-state index is 10.6. The molecule has 2 N–H and O–H groups in total. The number of carbonyl (C=O) groups is 1. The average molecular weight is 455 g/mol. The zero-order chi connectivity index (χ0) is 9.68. The second-order valence-electron chi connectivity index (χ2n) is 2.47. The normalized spacial score (nSPS) is 11.1. The molecule has 0 bridgehead atoms.